The zero-order valence-electron chi connectivity index (χ0n) is 11.1. The SMILES string of the molecule is COC(=O)CN(Cc1cc(Cl)ccn1)C1CCCC1. The van der Waals surface area contributed by atoms with E-state index in [1.54, 1.807) is 12.3 Å². The lowest BCUT2D eigenvalue weighted by molar-refractivity contribution is -0.142. The van der Waals surface area contributed by atoms with Crippen LogP contribution in [0.25, 0.3) is 0 Å². The Labute approximate surface area is 118 Å². The number of halogens is 1. The zero-order valence-corrected chi connectivity index (χ0v) is 11.9. The van der Waals surface area contributed by atoms with Crippen LogP contribution in [0.15, 0.2) is 18.3 Å². The van der Waals surface area contributed by atoms with E-state index in [4.69, 9.17) is 16.3 Å². The Morgan fingerprint density at radius 3 is 2.89 bits per heavy atom. The standard InChI is InChI=1S/C14H19ClN2O2/c1-19-14(18)10-17(13-4-2-3-5-13)9-12-8-11(15)6-7-16-12/h6-8,13H,2-5,9-10H2,1H3. The Kier molecular flexibility index (Phi) is 5.16. The second-order valence-electron chi connectivity index (χ2n) is 4.88. The zero-order chi connectivity index (χ0) is 13.7. The number of methoxy groups -OCH3 is 1. The molecule has 19 heavy (non-hydrogen) atoms. The van der Waals surface area contributed by atoms with Gasteiger partial charge in [-0.25, -0.2) is 0 Å². The number of nitrogens with zero attached hydrogens (tertiary/aromatic N) is 2. The molecule has 0 bridgehead atoms. The molecular weight excluding hydrogens is 264 g/mol. The maximum absolute atomic E-state index is 11.5. The third-order valence-corrected chi connectivity index (χ3v) is 3.78. The molecule has 1 aliphatic rings. The summed E-state index contributed by atoms with van der Waals surface area (Å²) in [6.45, 7) is 0.954. The minimum absolute atomic E-state index is 0.200. The van der Waals surface area contributed by atoms with Gasteiger partial charge in [-0.1, -0.05) is 24.4 Å². The van der Waals surface area contributed by atoms with Gasteiger partial charge in [0.05, 0.1) is 19.3 Å². The summed E-state index contributed by atoms with van der Waals surface area (Å²) in [4.78, 5) is 18.0. The lowest BCUT2D eigenvalue weighted by Gasteiger charge is -2.27. The lowest BCUT2D eigenvalue weighted by atomic mass is 10.2. The van der Waals surface area contributed by atoms with Gasteiger partial charge in [-0.05, 0) is 25.0 Å². The first kappa shape index (κ1) is 14.3. The normalized spacial score (nSPS) is 15.9. The van der Waals surface area contributed by atoms with Gasteiger partial charge in [0.15, 0.2) is 0 Å². The van der Waals surface area contributed by atoms with Crippen LogP contribution in [0.2, 0.25) is 5.02 Å². The molecule has 1 saturated carbocycles. The van der Waals surface area contributed by atoms with Gasteiger partial charge in [0, 0.05) is 23.8 Å². The van der Waals surface area contributed by atoms with Crippen molar-refractivity contribution in [3.8, 4) is 0 Å². The van der Waals surface area contributed by atoms with Gasteiger partial charge < -0.3 is 4.74 Å². The van der Waals surface area contributed by atoms with E-state index in [2.05, 4.69) is 9.88 Å². The van der Waals surface area contributed by atoms with Gasteiger partial charge in [0.1, 0.15) is 0 Å². The quantitative estimate of drug-likeness (QED) is 0.779. The summed E-state index contributed by atoms with van der Waals surface area (Å²) in [5, 5.41) is 0.675. The smallest absolute Gasteiger partial charge is 0.319 e. The second kappa shape index (κ2) is 6.87. The molecule has 1 aromatic heterocycles. The summed E-state index contributed by atoms with van der Waals surface area (Å²) in [5.41, 5.74) is 0.892. The predicted molar refractivity (Wildman–Crippen MR) is 73.9 cm³/mol. The molecule has 104 valence electrons. The Morgan fingerprint density at radius 2 is 2.26 bits per heavy atom. The minimum Gasteiger partial charge on any atom is -0.468 e. The first-order chi connectivity index (χ1) is 9.19. The van der Waals surface area contributed by atoms with Crippen molar-refractivity contribution in [2.75, 3.05) is 13.7 Å². The molecule has 4 nitrogen and oxygen atoms in total. The first-order valence-corrected chi connectivity index (χ1v) is 6.98. The molecule has 0 aromatic carbocycles. The maximum Gasteiger partial charge on any atom is 0.319 e. The van der Waals surface area contributed by atoms with Gasteiger partial charge in [0.2, 0.25) is 0 Å². The Morgan fingerprint density at radius 1 is 1.53 bits per heavy atom. The van der Waals surface area contributed by atoms with Gasteiger partial charge >= 0.3 is 5.97 Å². The summed E-state index contributed by atoms with van der Waals surface area (Å²) in [5.74, 6) is -0.200. The van der Waals surface area contributed by atoms with E-state index < -0.39 is 0 Å². The van der Waals surface area contributed by atoms with Gasteiger partial charge in [-0.2, -0.15) is 0 Å². The number of hydrogen-bond acceptors (Lipinski definition) is 4. The largest absolute Gasteiger partial charge is 0.468 e. The molecule has 0 saturated heterocycles. The highest BCUT2D eigenvalue weighted by Crippen LogP contribution is 2.25. The molecule has 0 spiro atoms. The highest BCUT2D eigenvalue weighted by atomic mass is 35.5. The minimum atomic E-state index is -0.200. The molecule has 0 aliphatic heterocycles. The van der Waals surface area contributed by atoms with Crippen LogP contribution in [0, 0.1) is 0 Å². The molecule has 0 unspecified atom stereocenters. The second-order valence-corrected chi connectivity index (χ2v) is 5.32. The van der Waals surface area contributed by atoms with E-state index in [-0.39, 0.29) is 5.97 Å². The number of esters is 1. The lowest BCUT2D eigenvalue weighted by Crippen LogP contribution is -2.37. The van der Waals surface area contributed by atoms with Gasteiger partial charge in [-0.15, -0.1) is 0 Å². The summed E-state index contributed by atoms with van der Waals surface area (Å²) in [6, 6.07) is 4.05. The fraction of sp³-hybridized carbons (Fsp3) is 0.571. The van der Waals surface area contributed by atoms with Crippen LogP contribution in [-0.4, -0.2) is 35.5 Å². The fourth-order valence-corrected chi connectivity index (χ4v) is 2.74. The number of ether oxygens (including phenoxy) is 1. The van der Waals surface area contributed by atoms with Crippen molar-refractivity contribution in [2.24, 2.45) is 0 Å². The van der Waals surface area contributed by atoms with E-state index in [0.717, 1.165) is 18.5 Å². The summed E-state index contributed by atoms with van der Waals surface area (Å²) < 4.78 is 4.77. The molecule has 2 rings (SSSR count). The number of carbonyl (C=O) groups excluding carboxylic acids is 1. The number of carbonyl (C=O) groups is 1. The molecule has 1 aromatic rings. The van der Waals surface area contributed by atoms with Crippen molar-refractivity contribution in [2.45, 2.75) is 38.3 Å². The Hall–Kier alpha value is -1.13. The first-order valence-electron chi connectivity index (χ1n) is 6.60. The van der Waals surface area contributed by atoms with Crippen molar-refractivity contribution >= 4 is 17.6 Å². The molecule has 0 amide bonds. The van der Waals surface area contributed by atoms with E-state index in [0.29, 0.717) is 24.2 Å². The highest BCUT2D eigenvalue weighted by Gasteiger charge is 2.25. The van der Waals surface area contributed by atoms with Crippen LogP contribution >= 0.6 is 11.6 Å². The van der Waals surface area contributed by atoms with Crippen LogP contribution in [0.3, 0.4) is 0 Å². The molecular formula is C14H19ClN2O2. The van der Waals surface area contributed by atoms with Crippen LogP contribution in [0.5, 0.6) is 0 Å². The van der Waals surface area contributed by atoms with E-state index in [1.807, 2.05) is 6.07 Å². The molecule has 0 atom stereocenters. The monoisotopic (exact) mass is 282 g/mol. The van der Waals surface area contributed by atoms with Crippen molar-refractivity contribution in [3.05, 3.63) is 29.0 Å². The van der Waals surface area contributed by atoms with Gasteiger partial charge in [0.25, 0.3) is 0 Å². The van der Waals surface area contributed by atoms with E-state index in [9.17, 15) is 4.79 Å². The van der Waals surface area contributed by atoms with Crippen molar-refractivity contribution < 1.29 is 9.53 Å². The Balaban J connectivity index is 2.05. The maximum atomic E-state index is 11.5. The van der Waals surface area contributed by atoms with Crippen LogP contribution in [-0.2, 0) is 16.1 Å². The van der Waals surface area contributed by atoms with Crippen molar-refractivity contribution in [3.63, 3.8) is 0 Å². The third-order valence-electron chi connectivity index (χ3n) is 3.54. The molecule has 1 aliphatic carbocycles. The Bertz CT molecular complexity index is 433. The number of aromatic nitrogens is 1. The number of rotatable bonds is 5. The highest BCUT2D eigenvalue weighted by molar-refractivity contribution is 6.30. The topological polar surface area (TPSA) is 42.4 Å². The predicted octanol–water partition coefficient (Wildman–Crippen LogP) is 2.65. The molecule has 5 heteroatoms. The summed E-state index contributed by atoms with van der Waals surface area (Å²) in [7, 11) is 1.42. The molecule has 0 radical (unpaired) electrons. The van der Waals surface area contributed by atoms with Crippen LogP contribution < -0.4 is 0 Å². The van der Waals surface area contributed by atoms with Gasteiger partial charge in [-0.3, -0.25) is 14.7 Å². The summed E-state index contributed by atoms with van der Waals surface area (Å²) in [6.07, 6.45) is 6.42. The average molecular weight is 283 g/mol. The number of pyridine rings is 1. The molecule has 1 fully saturated rings. The molecule has 0 N–H and O–H groups in total. The van der Waals surface area contributed by atoms with E-state index >= 15 is 0 Å². The average Bonchev–Trinajstić information content (AvgIpc) is 2.91. The van der Waals surface area contributed by atoms with E-state index in [1.165, 1.54) is 20.0 Å². The molecule has 1 heterocycles. The van der Waals surface area contributed by atoms with Crippen LogP contribution in [0.1, 0.15) is 31.4 Å². The van der Waals surface area contributed by atoms with Crippen LogP contribution in [0.4, 0.5) is 0 Å². The number of hydrogen-bond donors (Lipinski definition) is 0. The van der Waals surface area contributed by atoms with Crippen molar-refractivity contribution in [1.29, 1.82) is 0 Å². The third kappa shape index (κ3) is 4.18. The fourth-order valence-electron chi connectivity index (χ4n) is 2.56. The van der Waals surface area contributed by atoms with Crippen molar-refractivity contribution in [1.82, 2.24) is 9.88 Å². The summed E-state index contributed by atoms with van der Waals surface area (Å²) >= 11 is 5.97.